The molecule has 0 saturated carbocycles. The largest absolute Gasteiger partial charge is 0.481 e. The molecule has 0 saturated heterocycles. The summed E-state index contributed by atoms with van der Waals surface area (Å²) < 4.78 is 24.9. The van der Waals surface area contributed by atoms with Crippen LogP contribution in [-0.4, -0.2) is 54.2 Å². The maximum absolute atomic E-state index is 14.4. The number of carbonyl (C=O) groups is 1. The van der Waals surface area contributed by atoms with Gasteiger partial charge >= 0.3 is 0 Å². The molecule has 0 bridgehead atoms. The highest BCUT2D eigenvalue weighted by atomic mass is 19.1. The molecule has 1 unspecified atom stereocenters. The number of hydrogen-bond donors (Lipinski definition) is 3. The number of fused-ring (bicyclic) bond motifs is 2. The molecule has 4 heterocycles. The van der Waals surface area contributed by atoms with Crippen molar-refractivity contribution in [3.63, 3.8) is 0 Å². The van der Waals surface area contributed by atoms with E-state index >= 15 is 0 Å². The first-order valence-electron chi connectivity index (χ1n) is 10.9. The molecule has 1 aliphatic heterocycles. The zero-order valence-electron chi connectivity index (χ0n) is 18.7. The van der Waals surface area contributed by atoms with Gasteiger partial charge in [0, 0.05) is 18.2 Å². The van der Waals surface area contributed by atoms with Crippen molar-refractivity contribution in [2.24, 2.45) is 5.92 Å². The maximum Gasteiger partial charge on any atom is 0.263 e. The Kier molecular flexibility index (Phi) is 7.26. The molecule has 0 aromatic carbocycles. The quantitative estimate of drug-likeness (QED) is 0.400. The SMILES string of the molecule is COc1ccc2ncc(F)c(CCNCC(C)CNCc3ccc4c(n3)NC(=O)CO4)c2n1. The van der Waals surface area contributed by atoms with Gasteiger partial charge < -0.3 is 25.4 Å². The van der Waals surface area contributed by atoms with Gasteiger partial charge in [0.15, 0.2) is 18.2 Å². The average molecular weight is 455 g/mol. The number of amides is 1. The summed E-state index contributed by atoms with van der Waals surface area (Å²) in [5.41, 5.74) is 2.53. The van der Waals surface area contributed by atoms with Crippen molar-refractivity contribution in [3.8, 4) is 11.6 Å². The number of anilines is 1. The molecule has 9 nitrogen and oxygen atoms in total. The van der Waals surface area contributed by atoms with Crippen LogP contribution in [0.15, 0.2) is 30.5 Å². The summed E-state index contributed by atoms with van der Waals surface area (Å²) in [6.45, 7) is 4.89. The van der Waals surface area contributed by atoms with Gasteiger partial charge in [0.25, 0.3) is 5.91 Å². The van der Waals surface area contributed by atoms with Gasteiger partial charge in [-0.05, 0) is 50.2 Å². The third kappa shape index (κ3) is 5.71. The van der Waals surface area contributed by atoms with Crippen molar-refractivity contribution in [2.45, 2.75) is 19.9 Å². The number of aromatic nitrogens is 3. The summed E-state index contributed by atoms with van der Waals surface area (Å²) >= 11 is 0. The van der Waals surface area contributed by atoms with Gasteiger partial charge in [-0.2, -0.15) is 0 Å². The normalized spacial score (nSPS) is 13.8. The minimum atomic E-state index is -0.362. The van der Waals surface area contributed by atoms with Crippen LogP contribution in [0.4, 0.5) is 10.2 Å². The van der Waals surface area contributed by atoms with E-state index in [-0.39, 0.29) is 18.3 Å². The lowest BCUT2D eigenvalue weighted by Gasteiger charge is -2.18. The number of methoxy groups -OCH3 is 1. The van der Waals surface area contributed by atoms with Crippen LogP contribution in [-0.2, 0) is 17.8 Å². The number of rotatable bonds is 10. The van der Waals surface area contributed by atoms with Crippen LogP contribution in [0.3, 0.4) is 0 Å². The fourth-order valence-electron chi connectivity index (χ4n) is 3.61. The Labute approximate surface area is 191 Å². The van der Waals surface area contributed by atoms with E-state index in [1.54, 1.807) is 12.1 Å². The van der Waals surface area contributed by atoms with Crippen LogP contribution < -0.4 is 25.4 Å². The van der Waals surface area contributed by atoms with E-state index in [0.29, 0.717) is 59.5 Å². The zero-order chi connectivity index (χ0) is 23.2. The summed E-state index contributed by atoms with van der Waals surface area (Å²) in [5.74, 6) is 1.27. The van der Waals surface area contributed by atoms with Crippen LogP contribution in [0.2, 0.25) is 0 Å². The number of ether oxygens (including phenoxy) is 2. The van der Waals surface area contributed by atoms with Crippen LogP contribution >= 0.6 is 0 Å². The summed E-state index contributed by atoms with van der Waals surface area (Å²) in [5, 5.41) is 9.47. The first-order chi connectivity index (χ1) is 16.0. The third-order valence-electron chi connectivity index (χ3n) is 5.32. The molecule has 174 valence electrons. The van der Waals surface area contributed by atoms with E-state index in [1.165, 1.54) is 13.3 Å². The number of halogens is 1. The summed E-state index contributed by atoms with van der Waals surface area (Å²) in [6, 6.07) is 7.19. The second kappa shape index (κ2) is 10.5. The van der Waals surface area contributed by atoms with Crippen LogP contribution in [0.5, 0.6) is 11.6 Å². The number of pyridine rings is 3. The summed E-state index contributed by atoms with van der Waals surface area (Å²) in [7, 11) is 1.53. The van der Waals surface area contributed by atoms with Crippen molar-refractivity contribution in [3.05, 3.63) is 47.5 Å². The van der Waals surface area contributed by atoms with E-state index in [1.807, 2.05) is 12.1 Å². The molecule has 1 amide bonds. The van der Waals surface area contributed by atoms with E-state index in [4.69, 9.17) is 9.47 Å². The molecule has 0 aliphatic carbocycles. The number of nitrogens with one attached hydrogen (secondary N) is 3. The van der Waals surface area contributed by atoms with Crippen LogP contribution in [0.1, 0.15) is 18.2 Å². The first kappa shape index (κ1) is 22.8. The van der Waals surface area contributed by atoms with Gasteiger partial charge in [0.05, 0.1) is 30.0 Å². The topological polar surface area (TPSA) is 110 Å². The second-order valence-electron chi connectivity index (χ2n) is 7.98. The van der Waals surface area contributed by atoms with Gasteiger partial charge in [-0.1, -0.05) is 6.92 Å². The third-order valence-corrected chi connectivity index (χ3v) is 5.32. The number of hydrogen-bond acceptors (Lipinski definition) is 8. The van der Waals surface area contributed by atoms with E-state index in [2.05, 4.69) is 37.8 Å². The number of carbonyl (C=O) groups excluding carboxylic acids is 1. The molecular weight excluding hydrogens is 427 g/mol. The van der Waals surface area contributed by atoms with Crippen molar-refractivity contribution in [1.29, 1.82) is 0 Å². The highest BCUT2D eigenvalue weighted by molar-refractivity contribution is 5.94. The van der Waals surface area contributed by atoms with Crippen molar-refractivity contribution in [2.75, 3.05) is 38.7 Å². The van der Waals surface area contributed by atoms with Gasteiger partial charge in [-0.15, -0.1) is 0 Å². The second-order valence-corrected chi connectivity index (χ2v) is 7.98. The lowest BCUT2D eigenvalue weighted by atomic mass is 10.1. The minimum absolute atomic E-state index is 0.0194. The molecular formula is C23H27FN6O3. The summed E-state index contributed by atoms with van der Waals surface area (Å²) in [4.78, 5) is 24.3. The van der Waals surface area contributed by atoms with Crippen molar-refractivity contribution < 1.29 is 18.7 Å². The molecule has 3 N–H and O–H groups in total. The first-order valence-corrected chi connectivity index (χ1v) is 10.9. The molecule has 0 spiro atoms. The van der Waals surface area contributed by atoms with Crippen molar-refractivity contribution in [1.82, 2.24) is 25.6 Å². The van der Waals surface area contributed by atoms with Gasteiger partial charge in [0.1, 0.15) is 5.82 Å². The molecule has 1 aliphatic rings. The standard InChI is InChI=1S/C23H27FN6O3/c1-14(10-26-11-15-3-5-19-23(28-15)29-20(31)13-33-19)9-25-8-7-16-17(24)12-27-18-4-6-21(32-2)30-22(16)18/h3-6,12,14,25-26H,7-11,13H2,1-2H3,(H,28,29,31). The van der Waals surface area contributed by atoms with Crippen molar-refractivity contribution >= 4 is 22.8 Å². The monoisotopic (exact) mass is 454 g/mol. The lowest BCUT2D eigenvalue weighted by molar-refractivity contribution is -0.118. The molecule has 0 radical (unpaired) electrons. The highest BCUT2D eigenvalue weighted by Crippen LogP contribution is 2.25. The Morgan fingerprint density at radius 1 is 1.21 bits per heavy atom. The lowest BCUT2D eigenvalue weighted by Crippen LogP contribution is -2.31. The molecule has 4 rings (SSSR count). The van der Waals surface area contributed by atoms with E-state index < -0.39 is 0 Å². The fraction of sp³-hybridized carbons (Fsp3) is 0.391. The van der Waals surface area contributed by atoms with E-state index in [9.17, 15) is 9.18 Å². The predicted octanol–water partition coefficient (Wildman–Crippen LogP) is 2.06. The molecule has 1 atom stereocenters. The smallest absolute Gasteiger partial charge is 0.263 e. The maximum atomic E-state index is 14.4. The Morgan fingerprint density at radius 3 is 2.91 bits per heavy atom. The molecule has 0 fully saturated rings. The zero-order valence-corrected chi connectivity index (χ0v) is 18.7. The Balaban J connectivity index is 1.22. The van der Waals surface area contributed by atoms with Gasteiger partial charge in [0.2, 0.25) is 5.88 Å². The molecule has 33 heavy (non-hydrogen) atoms. The molecule has 3 aromatic rings. The Bertz CT molecular complexity index is 1140. The Morgan fingerprint density at radius 2 is 2.06 bits per heavy atom. The van der Waals surface area contributed by atoms with Gasteiger partial charge in [-0.25, -0.2) is 14.4 Å². The Hall–Kier alpha value is -3.37. The fourth-order valence-corrected chi connectivity index (χ4v) is 3.61. The van der Waals surface area contributed by atoms with Gasteiger partial charge in [-0.3, -0.25) is 9.78 Å². The number of nitrogens with zero attached hydrogens (tertiary/aromatic N) is 3. The summed E-state index contributed by atoms with van der Waals surface area (Å²) in [6.07, 6.45) is 1.74. The highest BCUT2D eigenvalue weighted by Gasteiger charge is 2.17. The molecule has 10 heteroatoms. The van der Waals surface area contributed by atoms with Crippen LogP contribution in [0.25, 0.3) is 11.0 Å². The average Bonchev–Trinajstić information content (AvgIpc) is 2.82. The molecule has 3 aromatic heterocycles. The predicted molar refractivity (Wildman–Crippen MR) is 122 cm³/mol. The minimum Gasteiger partial charge on any atom is -0.481 e. The van der Waals surface area contributed by atoms with Crippen LogP contribution in [0, 0.1) is 11.7 Å². The van der Waals surface area contributed by atoms with E-state index in [0.717, 1.165) is 18.8 Å².